The van der Waals surface area contributed by atoms with Gasteiger partial charge in [0.15, 0.2) is 0 Å². The minimum atomic E-state index is -0.930. The molecule has 0 atom stereocenters. The molecule has 0 amide bonds. The van der Waals surface area contributed by atoms with Gasteiger partial charge >= 0.3 is 5.97 Å². The molecule has 3 nitrogen and oxygen atoms in total. The molecular weight excluding hydrogens is 385 g/mol. The summed E-state index contributed by atoms with van der Waals surface area (Å²) in [4.78, 5) is 16.5. The van der Waals surface area contributed by atoms with Gasteiger partial charge in [0.05, 0.1) is 21.2 Å². The SMILES string of the molecule is O=C(O)c1c2c(nc3ccccc13)/C(=C\c1ccc(F)c(Br)c1)CC2. The molecule has 0 saturated heterocycles. The highest BCUT2D eigenvalue weighted by Gasteiger charge is 2.26. The van der Waals surface area contributed by atoms with Crippen molar-refractivity contribution in [2.24, 2.45) is 0 Å². The lowest BCUT2D eigenvalue weighted by atomic mass is 10.0. The van der Waals surface area contributed by atoms with E-state index in [1.165, 1.54) is 6.07 Å². The van der Waals surface area contributed by atoms with Crippen LogP contribution in [0.15, 0.2) is 46.9 Å². The molecule has 0 bridgehead atoms. The molecule has 0 unspecified atom stereocenters. The summed E-state index contributed by atoms with van der Waals surface area (Å²) in [6, 6.07) is 12.1. The second kappa shape index (κ2) is 6.08. The molecule has 2 aromatic carbocycles. The van der Waals surface area contributed by atoms with Crippen LogP contribution in [0, 0.1) is 5.82 Å². The number of pyridine rings is 1. The fourth-order valence-electron chi connectivity index (χ4n) is 3.33. The van der Waals surface area contributed by atoms with Crippen molar-refractivity contribution in [3.8, 4) is 0 Å². The Labute approximate surface area is 152 Å². The fourth-order valence-corrected chi connectivity index (χ4v) is 3.72. The van der Waals surface area contributed by atoms with Crippen LogP contribution in [0.1, 0.15) is 33.6 Å². The van der Waals surface area contributed by atoms with Gasteiger partial charge in [-0.05, 0) is 69.7 Å². The van der Waals surface area contributed by atoms with Gasteiger partial charge in [-0.1, -0.05) is 24.3 Å². The first-order chi connectivity index (χ1) is 12.0. The molecule has 0 saturated carbocycles. The highest BCUT2D eigenvalue weighted by molar-refractivity contribution is 9.10. The van der Waals surface area contributed by atoms with Crippen molar-refractivity contribution >= 4 is 44.5 Å². The van der Waals surface area contributed by atoms with E-state index in [1.807, 2.05) is 24.3 Å². The smallest absolute Gasteiger partial charge is 0.336 e. The van der Waals surface area contributed by atoms with Gasteiger partial charge < -0.3 is 5.11 Å². The molecule has 1 aliphatic rings. The number of rotatable bonds is 2. The van der Waals surface area contributed by atoms with Gasteiger partial charge in [0, 0.05) is 5.39 Å². The van der Waals surface area contributed by atoms with Gasteiger partial charge in [-0.3, -0.25) is 0 Å². The van der Waals surface area contributed by atoms with Crippen LogP contribution in [-0.4, -0.2) is 16.1 Å². The highest BCUT2D eigenvalue weighted by Crippen LogP contribution is 2.37. The number of carbonyl (C=O) groups is 1. The lowest BCUT2D eigenvalue weighted by Gasteiger charge is -2.09. The Bertz CT molecular complexity index is 1060. The molecule has 3 aromatic rings. The average Bonchev–Trinajstić information content (AvgIpc) is 2.98. The first-order valence-electron chi connectivity index (χ1n) is 7.85. The van der Waals surface area contributed by atoms with Crippen LogP contribution in [0.2, 0.25) is 0 Å². The molecule has 0 radical (unpaired) electrons. The van der Waals surface area contributed by atoms with Gasteiger partial charge in [-0.2, -0.15) is 0 Å². The summed E-state index contributed by atoms with van der Waals surface area (Å²) in [6.45, 7) is 0. The zero-order chi connectivity index (χ0) is 17.6. The van der Waals surface area contributed by atoms with Crippen molar-refractivity contribution in [2.45, 2.75) is 12.8 Å². The number of carboxylic acids is 1. The summed E-state index contributed by atoms with van der Waals surface area (Å²) in [5, 5.41) is 10.4. The van der Waals surface area contributed by atoms with E-state index >= 15 is 0 Å². The molecule has 1 aliphatic carbocycles. The number of hydrogen-bond acceptors (Lipinski definition) is 2. The maximum absolute atomic E-state index is 13.4. The predicted molar refractivity (Wildman–Crippen MR) is 99.0 cm³/mol. The first-order valence-corrected chi connectivity index (χ1v) is 8.65. The number of para-hydroxylation sites is 1. The molecule has 1 N–H and O–H groups in total. The van der Waals surface area contributed by atoms with Crippen LogP contribution in [0.3, 0.4) is 0 Å². The van der Waals surface area contributed by atoms with Gasteiger partial charge in [0.25, 0.3) is 0 Å². The van der Waals surface area contributed by atoms with Gasteiger partial charge in [0.2, 0.25) is 0 Å². The Morgan fingerprint density at radius 1 is 1.20 bits per heavy atom. The molecule has 4 rings (SSSR count). The predicted octanol–water partition coefficient (Wildman–Crippen LogP) is 5.32. The Hall–Kier alpha value is -2.53. The molecule has 124 valence electrons. The summed E-state index contributed by atoms with van der Waals surface area (Å²) in [6.07, 6.45) is 3.31. The third-order valence-corrected chi connectivity index (χ3v) is 5.05. The van der Waals surface area contributed by atoms with Crippen LogP contribution >= 0.6 is 15.9 Å². The van der Waals surface area contributed by atoms with E-state index in [9.17, 15) is 14.3 Å². The van der Waals surface area contributed by atoms with Crippen molar-refractivity contribution in [3.63, 3.8) is 0 Å². The number of fused-ring (bicyclic) bond motifs is 2. The van der Waals surface area contributed by atoms with Crippen LogP contribution in [0.25, 0.3) is 22.6 Å². The zero-order valence-corrected chi connectivity index (χ0v) is 14.7. The average molecular weight is 398 g/mol. The number of aromatic carboxylic acids is 1. The Balaban J connectivity index is 1.91. The molecule has 5 heteroatoms. The second-order valence-corrected chi connectivity index (χ2v) is 6.83. The third kappa shape index (κ3) is 2.74. The largest absolute Gasteiger partial charge is 0.478 e. The number of allylic oxidation sites excluding steroid dienone is 1. The summed E-state index contributed by atoms with van der Waals surface area (Å²) in [5.41, 5.74) is 4.34. The maximum Gasteiger partial charge on any atom is 0.336 e. The highest BCUT2D eigenvalue weighted by atomic mass is 79.9. The lowest BCUT2D eigenvalue weighted by Crippen LogP contribution is -2.05. The number of halogens is 2. The number of nitrogens with zero attached hydrogens (tertiary/aromatic N) is 1. The quantitative estimate of drug-likeness (QED) is 0.636. The summed E-state index contributed by atoms with van der Waals surface area (Å²) in [5.74, 6) is -1.24. The van der Waals surface area contributed by atoms with Crippen molar-refractivity contribution in [2.75, 3.05) is 0 Å². The molecule has 0 fully saturated rings. The topological polar surface area (TPSA) is 50.2 Å². The fraction of sp³-hybridized carbons (Fsp3) is 0.100. The normalized spacial score (nSPS) is 14.9. The third-order valence-electron chi connectivity index (χ3n) is 4.44. The van der Waals surface area contributed by atoms with Gasteiger partial charge in [-0.15, -0.1) is 0 Å². The van der Waals surface area contributed by atoms with E-state index < -0.39 is 5.97 Å². The summed E-state index contributed by atoms with van der Waals surface area (Å²) >= 11 is 3.19. The van der Waals surface area contributed by atoms with E-state index in [2.05, 4.69) is 15.9 Å². The van der Waals surface area contributed by atoms with E-state index in [0.717, 1.165) is 22.4 Å². The minimum absolute atomic E-state index is 0.314. The lowest BCUT2D eigenvalue weighted by molar-refractivity contribution is 0.0698. The van der Waals surface area contributed by atoms with Gasteiger partial charge in [0.1, 0.15) is 5.82 Å². The van der Waals surface area contributed by atoms with Crippen molar-refractivity contribution < 1.29 is 14.3 Å². The van der Waals surface area contributed by atoms with Crippen molar-refractivity contribution in [1.29, 1.82) is 0 Å². The van der Waals surface area contributed by atoms with Crippen LogP contribution in [0.5, 0.6) is 0 Å². The minimum Gasteiger partial charge on any atom is -0.478 e. The van der Waals surface area contributed by atoms with E-state index in [4.69, 9.17) is 4.98 Å². The summed E-state index contributed by atoms with van der Waals surface area (Å²) in [7, 11) is 0. The Morgan fingerprint density at radius 2 is 2.00 bits per heavy atom. The Morgan fingerprint density at radius 3 is 2.76 bits per heavy atom. The molecule has 0 spiro atoms. The van der Waals surface area contributed by atoms with Crippen LogP contribution < -0.4 is 0 Å². The van der Waals surface area contributed by atoms with Crippen LogP contribution in [-0.2, 0) is 6.42 Å². The molecule has 1 heterocycles. The van der Waals surface area contributed by atoms with Crippen molar-refractivity contribution in [1.82, 2.24) is 4.98 Å². The van der Waals surface area contributed by atoms with E-state index in [-0.39, 0.29) is 5.82 Å². The number of carboxylic acid groups (broad SMARTS) is 1. The molecular formula is C20H13BrFNO2. The zero-order valence-electron chi connectivity index (χ0n) is 13.1. The van der Waals surface area contributed by atoms with Crippen molar-refractivity contribution in [3.05, 3.63) is 75.1 Å². The number of benzene rings is 2. The summed E-state index contributed by atoms with van der Waals surface area (Å²) < 4.78 is 13.8. The monoisotopic (exact) mass is 397 g/mol. The maximum atomic E-state index is 13.4. The molecule has 1 aromatic heterocycles. The standard InChI is InChI=1S/C20H13BrFNO2/c21-15-10-11(5-8-16(15)22)9-12-6-7-14-18(20(24)25)13-3-1-2-4-17(13)23-19(12)14/h1-5,8-10H,6-7H2,(H,24,25)/b12-9-. The van der Waals surface area contributed by atoms with E-state index in [1.54, 1.807) is 18.2 Å². The first kappa shape index (κ1) is 16.0. The van der Waals surface area contributed by atoms with E-state index in [0.29, 0.717) is 33.8 Å². The molecule has 0 aliphatic heterocycles. The number of hydrogen-bond donors (Lipinski definition) is 1. The molecule has 25 heavy (non-hydrogen) atoms. The number of aromatic nitrogens is 1. The Kier molecular flexibility index (Phi) is 3.88. The van der Waals surface area contributed by atoms with Crippen LogP contribution in [0.4, 0.5) is 4.39 Å². The van der Waals surface area contributed by atoms with Gasteiger partial charge in [-0.25, -0.2) is 14.2 Å². The second-order valence-electron chi connectivity index (χ2n) is 5.98.